The Labute approximate surface area is 226 Å². The van der Waals surface area contributed by atoms with Gasteiger partial charge in [-0.05, 0) is 45.2 Å². The van der Waals surface area contributed by atoms with Crippen molar-refractivity contribution in [2.45, 2.75) is 52.1 Å². The molecule has 2 saturated heterocycles. The summed E-state index contributed by atoms with van der Waals surface area (Å²) in [4.78, 5) is 30.0. The number of nitrogens with zero attached hydrogens (tertiary/aromatic N) is 7. The molecular formula is C25H33ClN8O2S. The highest BCUT2D eigenvalue weighted by molar-refractivity contribution is 7.17. The molecule has 0 spiro atoms. The van der Waals surface area contributed by atoms with Crippen molar-refractivity contribution < 1.29 is 9.21 Å². The number of carbonyl (C=O) groups is 1. The number of rotatable bonds is 7. The highest BCUT2D eigenvalue weighted by Crippen LogP contribution is 2.29. The van der Waals surface area contributed by atoms with E-state index in [-0.39, 0.29) is 5.91 Å². The summed E-state index contributed by atoms with van der Waals surface area (Å²) in [6.07, 6.45) is 4.76. The van der Waals surface area contributed by atoms with Crippen LogP contribution in [-0.4, -0.2) is 87.2 Å². The van der Waals surface area contributed by atoms with Gasteiger partial charge in [0.2, 0.25) is 0 Å². The molecule has 10 nitrogen and oxygen atoms in total. The van der Waals surface area contributed by atoms with Crippen LogP contribution in [0.15, 0.2) is 22.7 Å². The number of aryl methyl sites for hydroxylation is 1. The molecule has 3 aromatic rings. The Morgan fingerprint density at radius 2 is 2.00 bits per heavy atom. The Hall–Kier alpha value is -2.76. The number of halogens is 1. The Morgan fingerprint density at radius 3 is 2.68 bits per heavy atom. The quantitative estimate of drug-likeness (QED) is 0.469. The summed E-state index contributed by atoms with van der Waals surface area (Å²) in [5, 5.41) is 11.1. The van der Waals surface area contributed by atoms with Crippen molar-refractivity contribution in [2.24, 2.45) is 0 Å². The van der Waals surface area contributed by atoms with Crippen LogP contribution in [0.4, 0.5) is 11.8 Å². The van der Waals surface area contributed by atoms with E-state index in [4.69, 9.17) is 26.0 Å². The van der Waals surface area contributed by atoms with Crippen molar-refractivity contribution >= 4 is 40.7 Å². The van der Waals surface area contributed by atoms with Crippen LogP contribution in [0, 0.1) is 6.92 Å². The van der Waals surface area contributed by atoms with Gasteiger partial charge in [0.25, 0.3) is 11.8 Å². The van der Waals surface area contributed by atoms with E-state index >= 15 is 0 Å². The van der Waals surface area contributed by atoms with Crippen molar-refractivity contribution in [1.82, 2.24) is 30.0 Å². The highest BCUT2D eigenvalue weighted by atomic mass is 35.5. The second kappa shape index (κ2) is 11.3. The molecule has 1 N–H and O–H groups in total. The normalized spacial score (nSPS) is 19.4. The van der Waals surface area contributed by atoms with Gasteiger partial charge < -0.3 is 19.5 Å². The van der Waals surface area contributed by atoms with Crippen LogP contribution in [0.5, 0.6) is 0 Å². The topological polar surface area (TPSA) is 104 Å². The lowest BCUT2D eigenvalue weighted by molar-refractivity contribution is 0.0494. The van der Waals surface area contributed by atoms with Crippen molar-refractivity contribution in [3.8, 4) is 11.6 Å². The van der Waals surface area contributed by atoms with Gasteiger partial charge in [0.05, 0.1) is 21.1 Å². The highest BCUT2D eigenvalue weighted by Gasteiger charge is 2.35. The Morgan fingerprint density at radius 1 is 1.19 bits per heavy atom. The number of hydrogen-bond acceptors (Lipinski definition) is 10. The lowest BCUT2D eigenvalue weighted by atomic mass is 9.98. The van der Waals surface area contributed by atoms with E-state index in [0.717, 1.165) is 68.4 Å². The second-order valence-corrected chi connectivity index (χ2v) is 11.2. The van der Waals surface area contributed by atoms with Gasteiger partial charge >= 0.3 is 6.01 Å². The molecule has 2 aliphatic heterocycles. The fourth-order valence-corrected chi connectivity index (χ4v) is 6.34. The molecule has 0 unspecified atom stereocenters. The van der Waals surface area contributed by atoms with Gasteiger partial charge in [-0.15, -0.1) is 16.4 Å². The molecular weight excluding hydrogens is 512 g/mol. The molecule has 0 saturated carbocycles. The van der Waals surface area contributed by atoms with E-state index in [1.54, 1.807) is 12.3 Å². The lowest BCUT2D eigenvalue weighted by Crippen LogP contribution is -2.58. The Bertz CT molecular complexity index is 1230. The molecule has 5 rings (SSSR count). The standard InChI is InChI=1S/C25H33ClN8O2S/c1-4-17-15-33(22-16(3)29-19(14-28-22)23-30-31-25(36-23)27-5-2)12-13-34(17)18-8-10-32(11-9-18)24(35)20-6-7-21(26)37-20/h6-7,14,17-18H,4-5,8-13,15H2,1-3H3,(H,27,31)/t17-/m0/s1. The smallest absolute Gasteiger partial charge is 0.315 e. The van der Waals surface area contributed by atoms with Crippen LogP contribution < -0.4 is 10.2 Å². The molecule has 0 aromatic carbocycles. The second-order valence-electron chi connectivity index (χ2n) is 9.48. The molecule has 5 heterocycles. The summed E-state index contributed by atoms with van der Waals surface area (Å²) >= 11 is 7.39. The zero-order valence-electron chi connectivity index (χ0n) is 21.5. The number of amides is 1. The van der Waals surface area contributed by atoms with Gasteiger partial charge in [-0.2, -0.15) is 0 Å². The monoisotopic (exact) mass is 544 g/mol. The maximum Gasteiger partial charge on any atom is 0.315 e. The van der Waals surface area contributed by atoms with Gasteiger partial charge in [-0.25, -0.2) is 9.97 Å². The minimum atomic E-state index is 0.100. The summed E-state index contributed by atoms with van der Waals surface area (Å²) < 4.78 is 6.29. The first-order valence-electron chi connectivity index (χ1n) is 12.9. The molecule has 198 valence electrons. The predicted molar refractivity (Wildman–Crippen MR) is 145 cm³/mol. The number of piperazine rings is 1. The molecule has 1 amide bonds. The molecule has 37 heavy (non-hydrogen) atoms. The fraction of sp³-hybridized carbons (Fsp3) is 0.560. The number of anilines is 2. The summed E-state index contributed by atoms with van der Waals surface area (Å²) in [6, 6.07) is 4.92. The molecule has 12 heteroatoms. The zero-order chi connectivity index (χ0) is 25.9. The number of piperidine rings is 1. The van der Waals surface area contributed by atoms with Crippen molar-refractivity contribution in [2.75, 3.05) is 49.5 Å². The molecule has 2 aliphatic rings. The van der Waals surface area contributed by atoms with E-state index in [2.05, 4.69) is 32.2 Å². The van der Waals surface area contributed by atoms with Crippen molar-refractivity contribution in [3.63, 3.8) is 0 Å². The van der Waals surface area contributed by atoms with Crippen LogP contribution >= 0.6 is 22.9 Å². The fourth-order valence-electron chi connectivity index (χ4n) is 5.33. The maximum absolute atomic E-state index is 12.8. The molecule has 0 aliphatic carbocycles. The number of thiophene rings is 1. The van der Waals surface area contributed by atoms with Crippen LogP contribution in [-0.2, 0) is 0 Å². The van der Waals surface area contributed by atoms with Crippen molar-refractivity contribution in [1.29, 1.82) is 0 Å². The summed E-state index contributed by atoms with van der Waals surface area (Å²) in [5.74, 6) is 1.37. The average Bonchev–Trinajstić information content (AvgIpc) is 3.57. The first-order chi connectivity index (χ1) is 18.0. The van der Waals surface area contributed by atoms with E-state index in [1.165, 1.54) is 11.3 Å². The van der Waals surface area contributed by atoms with E-state index in [1.807, 2.05) is 24.8 Å². The van der Waals surface area contributed by atoms with Crippen LogP contribution in [0.2, 0.25) is 4.34 Å². The minimum Gasteiger partial charge on any atom is -0.402 e. The SMILES string of the molecule is CCNc1nnc(-c2cnc(N3CCN(C4CCN(C(=O)c5ccc(Cl)s5)CC4)[C@@H](CC)C3)c(C)n2)o1. The molecule has 2 fully saturated rings. The first-order valence-corrected chi connectivity index (χ1v) is 14.1. The van der Waals surface area contributed by atoms with Gasteiger partial charge in [0.15, 0.2) is 0 Å². The van der Waals surface area contributed by atoms with Crippen LogP contribution in [0.3, 0.4) is 0 Å². The number of nitrogens with one attached hydrogen (secondary N) is 1. The summed E-state index contributed by atoms with van der Waals surface area (Å²) in [7, 11) is 0. The molecule has 0 radical (unpaired) electrons. The van der Waals surface area contributed by atoms with E-state index in [0.29, 0.717) is 40.6 Å². The lowest BCUT2D eigenvalue weighted by Gasteiger charge is -2.47. The van der Waals surface area contributed by atoms with Gasteiger partial charge in [-0.1, -0.05) is 23.6 Å². The number of likely N-dealkylation sites (tertiary alicyclic amines) is 1. The van der Waals surface area contributed by atoms with Gasteiger partial charge in [0.1, 0.15) is 11.5 Å². The molecule has 1 atom stereocenters. The largest absolute Gasteiger partial charge is 0.402 e. The van der Waals surface area contributed by atoms with Crippen molar-refractivity contribution in [3.05, 3.63) is 33.2 Å². The molecule has 3 aromatic heterocycles. The predicted octanol–water partition coefficient (Wildman–Crippen LogP) is 4.19. The number of aromatic nitrogens is 4. The third kappa shape index (κ3) is 5.58. The first kappa shape index (κ1) is 25.9. The van der Waals surface area contributed by atoms with Gasteiger partial charge in [-0.3, -0.25) is 9.69 Å². The zero-order valence-corrected chi connectivity index (χ0v) is 23.1. The van der Waals surface area contributed by atoms with Crippen LogP contribution in [0.25, 0.3) is 11.6 Å². The molecule has 0 bridgehead atoms. The summed E-state index contributed by atoms with van der Waals surface area (Å²) in [6.45, 7) is 11.2. The Kier molecular flexibility index (Phi) is 7.92. The average molecular weight is 545 g/mol. The van der Waals surface area contributed by atoms with Gasteiger partial charge in [0, 0.05) is 51.4 Å². The number of carbonyl (C=O) groups excluding carboxylic acids is 1. The Balaban J connectivity index is 1.20. The van der Waals surface area contributed by atoms with Crippen LogP contribution in [0.1, 0.15) is 48.5 Å². The minimum absolute atomic E-state index is 0.100. The van der Waals surface area contributed by atoms with E-state index < -0.39 is 0 Å². The third-order valence-electron chi connectivity index (χ3n) is 7.20. The maximum atomic E-state index is 12.8. The summed E-state index contributed by atoms with van der Waals surface area (Å²) in [5.41, 5.74) is 1.43. The number of hydrogen-bond donors (Lipinski definition) is 1. The van der Waals surface area contributed by atoms with E-state index in [9.17, 15) is 4.79 Å². The third-order valence-corrected chi connectivity index (χ3v) is 8.42.